The Kier molecular flexibility index (Phi) is 8.91. The van der Waals surface area contributed by atoms with E-state index in [0.717, 1.165) is 10.9 Å². The Labute approximate surface area is 260 Å². The maximum Gasteiger partial charge on any atom is 0.435 e. The number of aromatic nitrogens is 5. The van der Waals surface area contributed by atoms with Crippen LogP contribution in [0.3, 0.4) is 0 Å². The van der Waals surface area contributed by atoms with Crippen molar-refractivity contribution in [3.05, 3.63) is 53.7 Å². The van der Waals surface area contributed by atoms with Crippen LogP contribution in [0.2, 0.25) is 0 Å². The number of rotatable bonds is 10. The lowest BCUT2D eigenvalue weighted by molar-refractivity contribution is -0.141. The van der Waals surface area contributed by atoms with E-state index in [2.05, 4.69) is 25.7 Å². The van der Waals surface area contributed by atoms with Gasteiger partial charge < -0.3 is 26.0 Å². The molecule has 46 heavy (non-hydrogen) atoms. The lowest BCUT2D eigenvalue weighted by Crippen LogP contribution is -2.46. The molecule has 1 fully saturated rings. The van der Waals surface area contributed by atoms with Gasteiger partial charge in [-0.3, -0.25) is 23.5 Å². The largest absolute Gasteiger partial charge is 0.435 e. The zero-order valence-electron chi connectivity index (χ0n) is 24.7. The molecule has 1 aliphatic rings. The molecule has 0 saturated carbocycles. The number of nitrogens with zero attached hydrogens (tertiary/aromatic N) is 7. The van der Waals surface area contributed by atoms with Crippen LogP contribution < -0.4 is 21.1 Å². The van der Waals surface area contributed by atoms with Crippen LogP contribution in [0.15, 0.2) is 36.9 Å². The van der Waals surface area contributed by atoms with Crippen molar-refractivity contribution in [1.82, 2.24) is 34.4 Å². The highest BCUT2D eigenvalue weighted by atomic mass is 19.4. The smallest absolute Gasteiger partial charge is 0.426 e. The molecule has 3 aromatic heterocycles. The first-order valence-electron chi connectivity index (χ1n) is 14.2. The molecule has 0 bridgehead atoms. The van der Waals surface area contributed by atoms with Crippen molar-refractivity contribution in [3.63, 3.8) is 0 Å². The lowest BCUT2D eigenvalue weighted by atomic mass is 10.0. The molecule has 0 radical (unpaired) electrons. The number of nitrogens with two attached hydrogens (primary N) is 1. The standard InChI is InChI=1S/C29H29F3N10O4/c1-3-18-19(27(44)37-16(2)28(45)40-9-6-17(34)13-40)4-5-21(23(18)46-15-43)38-25-26-36-12-22(42(26)11-8-35-25)20-14-41(10-7-33)39-24(20)29(30,31)32/h4-5,8,11-12,14-17H,3,6,9-10,13,34H2,1-2H3,(H,35,38)(H,37,44)/t16-,17+/m1/s1. The first kappa shape index (κ1) is 31.9. The Morgan fingerprint density at radius 1 is 1.30 bits per heavy atom. The quantitative estimate of drug-likeness (QED) is 0.218. The summed E-state index contributed by atoms with van der Waals surface area (Å²) in [5, 5.41) is 18.2. The Morgan fingerprint density at radius 2 is 2.09 bits per heavy atom. The van der Waals surface area contributed by atoms with Crippen LogP contribution in [0.1, 0.15) is 41.9 Å². The Bertz CT molecular complexity index is 1840. The van der Waals surface area contributed by atoms with E-state index in [-0.39, 0.29) is 71.1 Å². The number of hydrogen-bond donors (Lipinski definition) is 3. The first-order chi connectivity index (χ1) is 22.0. The van der Waals surface area contributed by atoms with Crippen molar-refractivity contribution in [2.24, 2.45) is 5.73 Å². The molecule has 2 amide bonds. The van der Waals surface area contributed by atoms with E-state index < -0.39 is 23.8 Å². The predicted octanol–water partition coefficient (Wildman–Crippen LogP) is 2.65. The summed E-state index contributed by atoms with van der Waals surface area (Å²) in [6.45, 7) is 4.05. The minimum absolute atomic E-state index is 0.0161. The number of fused-ring (bicyclic) bond motifs is 1. The van der Waals surface area contributed by atoms with Gasteiger partial charge in [-0.15, -0.1) is 0 Å². The molecular weight excluding hydrogens is 609 g/mol. The number of alkyl halides is 3. The van der Waals surface area contributed by atoms with Crippen LogP contribution in [0, 0.1) is 11.3 Å². The summed E-state index contributed by atoms with van der Waals surface area (Å²) in [6.07, 6.45) is 1.22. The number of benzene rings is 1. The van der Waals surface area contributed by atoms with Gasteiger partial charge in [0.1, 0.15) is 12.6 Å². The van der Waals surface area contributed by atoms with Gasteiger partial charge in [0, 0.05) is 48.8 Å². The zero-order valence-corrected chi connectivity index (χ0v) is 24.7. The molecule has 4 N–H and O–H groups in total. The van der Waals surface area contributed by atoms with Crippen molar-refractivity contribution in [2.45, 2.75) is 51.5 Å². The van der Waals surface area contributed by atoms with Crippen LogP contribution in [0.5, 0.6) is 5.75 Å². The van der Waals surface area contributed by atoms with Crippen LogP contribution in [0.4, 0.5) is 24.7 Å². The molecule has 5 rings (SSSR count). The number of halogens is 3. The summed E-state index contributed by atoms with van der Waals surface area (Å²) >= 11 is 0. The fourth-order valence-electron chi connectivity index (χ4n) is 5.38. The molecule has 1 aliphatic heterocycles. The molecule has 14 nitrogen and oxygen atoms in total. The summed E-state index contributed by atoms with van der Waals surface area (Å²) in [7, 11) is 0. The monoisotopic (exact) mass is 638 g/mol. The van der Waals surface area contributed by atoms with Gasteiger partial charge in [0.05, 0.1) is 29.2 Å². The van der Waals surface area contributed by atoms with Crippen molar-refractivity contribution >= 4 is 35.4 Å². The number of likely N-dealkylation sites (tertiary alicyclic amines) is 1. The van der Waals surface area contributed by atoms with E-state index in [0.29, 0.717) is 25.1 Å². The van der Waals surface area contributed by atoms with Gasteiger partial charge in [-0.05, 0) is 31.9 Å². The van der Waals surface area contributed by atoms with E-state index in [4.69, 9.17) is 15.7 Å². The highest BCUT2D eigenvalue weighted by Gasteiger charge is 2.38. The van der Waals surface area contributed by atoms with Crippen molar-refractivity contribution in [3.8, 4) is 23.1 Å². The number of nitriles is 1. The van der Waals surface area contributed by atoms with Crippen molar-refractivity contribution in [1.29, 1.82) is 5.26 Å². The number of ether oxygens (including phenoxy) is 1. The maximum atomic E-state index is 13.8. The minimum Gasteiger partial charge on any atom is -0.426 e. The number of imidazole rings is 1. The summed E-state index contributed by atoms with van der Waals surface area (Å²) in [4.78, 5) is 47.8. The van der Waals surface area contributed by atoms with Crippen LogP contribution >= 0.6 is 0 Å². The number of nitrogens with one attached hydrogen (secondary N) is 2. The molecule has 2 atom stereocenters. The average Bonchev–Trinajstić information content (AvgIpc) is 3.76. The number of hydrogen-bond acceptors (Lipinski definition) is 10. The summed E-state index contributed by atoms with van der Waals surface area (Å²) < 4.78 is 49.0. The number of carbonyl (C=O) groups is 3. The number of carbonyl (C=O) groups excluding carboxylic acids is 3. The van der Waals surface area contributed by atoms with E-state index in [9.17, 15) is 27.6 Å². The second-order valence-corrected chi connectivity index (χ2v) is 10.5. The van der Waals surface area contributed by atoms with Gasteiger partial charge in [0.15, 0.2) is 22.9 Å². The Hall–Kier alpha value is -5.50. The SMILES string of the molecule is CCc1c(C(=O)N[C@H](C)C(=O)N2CC[C@H](N)C2)ccc(Nc2nccn3c(-c4cn(CC#N)nc4C(F)(F)F)cnc23)c1OC=O. The van der Waals surface area contributed by atoms with E-state index >= 15 is 0 Å². The first-order valence-corrected chi connectivity index (χ1v) is 14.2. The highest BCUT2D eigenvalue weighted by molar-refractivity contribution is 6.00. The molecule has 4 aromatic rings. The average molecular weight is 639 g/mol. The number of amides is 2. The minimum atomic E-state index is -4.80. The maximum absolute atomic E-state index is 13.8. The third-order valence-corrected chi connectivity index (χ3v) is 7.50. The fourth-order valence-corrected chi connectivity index (χ4v) is 5.38. The molecule has 0 aliphatic carbocycles. The molecule has 1 aromatic carbocycles. The lowest BCUT2D eigenvalue weighted by Gasteiger charge is -2.22. The van der Waals surface area contributed by atoms with Crippen molar-refractivity contribution in [2.75, 3.05) is 18.4 Å². The van der Waals surface area contributed by atoms with Gasteiger partial charge in [-0.25, -0.2) is 9.97 Å². The van der Waals surface area contributed by atoms with Crippen LogP contribution in [-0.4, -0.2) is 72.5 Å². The molecule has 1 saturated heterocycles. The van der Waals surface area contributed by atoms with Gasteiger partial charge >= 0.3 is 6.18 Å². The summed E-state index contributed by atoms with van der Waals surface area (Å²) in [5.41, 5.74) is 5.35. The third kappa shape index (κ3) is 6.19. The molecular formula is C29H29F3N10O4. The van der Waals surface area contributed by atoms with Gasteiger partial charge in [-0.1, -0.05) is 6.92 Å². The molecule has 17 heteroatoms. The van der Waals surface area contributed by atoms with Crippen LogP contribution in [0.25, 0.3) is 16.9 Å². The summed E-state index contributed by atoms with van der Waals surface area (Å²) in [5.74, 6) is -0.703. The van der Waals surface area contributed by atoms with Crippen molar-refractivity contribution < 1.29 is 32.3 Å². The van der Waals surface area contributed by atoms with Gasteiger partial charge in [-0.2, -0.15) is 23.5 Å². The summed E-state index contributed by atoms with van der Waals surface area (Å²) in [6, 6.07) is 3.79. The topological polar surface area (TPSA) is 186 Å². The zero-order chi connectivity index (χ0) is 33.2. The molecule has 240 valence electrons. The second kappa shape index (κ2) is 12.9. The molecule has 0 unspecified atom stereocenters. The molecule has 4 heterocycles. The van der Waals surface area contributed by atoms with E-state index in [1.54, 1.807) is 24.8 Å². The number of anilines is 2. The van der Waals surface area contributed by atoms with E-state index in [1.807, 2.05) is 0 Å². The fraction of sp³-hybridized carbons (Fsp3) is 0.345. The predicted molar refractivity (Wildman–Crippen MR) is 157 cm³/mol. The van der Waals surface area contributed by atoms with Crippen LogP contribution in [-0.2, 0) is 28.7 Å². The third-order valence-electron chi connectivity index (χ3n) is 7.50. The van der Waals surface area contributed by atoms with E-state index in [1.165, 1.54) is 35.1 Å². The van der Waals surface area contributed by atoms with Gasteiger partial charge in [0.2, 0.25) is 5.91 Å². The Morgan fingerprint density at radius 3 is 2.74 bits per heavy atom. The highest BCUT2D eigenvalue weighted by Crippen LogP contribution is 2.38. The second-order valence-electron chi connectivity index (χ2n) is 10.5. The normalized spacial score (nSPS) is 15.4. The Balaban J connectivity index is 1.47. The van der Waals surface area contributed by atoms with Gasteiger partial charge in [0.25, 0.3) is 12.4 Å². The molecule has 0 spiro atoms.